The predicted octanol–water partition coefficient (Wildman–Crippen LogP) is 11.8. The predicted molar refractivity (Wildman–Crippen MR) is 190 cm³/mol. The number of fused-ring (bicyclic) bond motifs is 10. The lowest BCUT2D eigenvalue weighted by molar-refractivity contribution is 0.623. The highest BCUT2D eigenvalue weighted by Gasteiger charge is 2.20. The molecule has 210 valence electrons. The number of hydrogen-bond donors (Lipinski definition) is 0. The van der Waals surface area contributed by atoms with E-state index in [0.717, 1.165) is 27.7 Å². The zero-order valence-electron chi connectivity index (χ0n) is 24.1. The Kier molecular flexibility index (Phi) is 5.16. The third-order valence-corrected chi connectivity index (χ3v) is 10.2. The van der Waals surface area contributed by atoms with Crippen LogP contribution in [0.1, 0.15) is 0 Å². The highest BCUT2D eigenvalue weighted by molar-refractivity contribution is 7.26. The molecule has 0 saturated heterocycles. The van der Waals surface area contributed by atoms with E-state index in [9.17, 15) is 0 Å². The van der Waals surface area contributed by atoms with E-state index in [1.807, 2.05) is 11.3 Å². The molecule has 0 unspecified atom stereocenters. The zero-order valence-corrected chi connectivity index (χ0v) is 24.9. The number of benzene rings is 7. The molecule has 0 spiro atoms. The minimum atomic E-state index is 0.631. The molecular formula is C41H24N2OS. The van der Waals surface area contributed by atoms with Crippen LogP contribution < -0.4 is 0 Å². The summed E-state index contributed by atoms with van der Waals surface area (Å²) in [6.07, 6.45) is 0. The van der Waals surface area contributed by atoms with Gasteiger partial charge >= 0.3 is 0 Å². The fourth-order valence-electron chi connectivity index (χ4n) is 7.00. The summed E-state index contributed by atoms with van der Waals surface area (Å²) in [6, 6.07) is 51.7. The van der Waals surface area contributed by atoms with E-state index in [1.165, 1.54) is 58.5 Å². The van der Waals surface area contributed by atoms with Crippen LogP contribution in [0.5, 0.6) is 0 Å². The van der Waals surface area contributed by atoms with E-state index in [2.05, 4.69) is 150 Å². The molecule has 0 fully saturated rings. The first-order chi connectivity index (χ1) is 22.3. The van der Waals surface area contributed by atoms with Crippen molar-refractivity contribution in [3.63, 3.8) is 0 Å². The van der Waals surface area contributed by atoms with Gasteiger partial charge in [0.05, 0.1) is 11.0 Å². The van der Waals surface area contributed by atoms with Crippen LogP contribution in [0.15, 0.2) is 150 Å². The van der Waals surface area contributed by atoms with Crippen molar-refractivity contribution in [2.45, 2.75) is 0 Å². The lowest BCUT2D eigenvalue weighted by Crippen LogP contribution is -1.93. The summed E-state index contributed by atoms with van der Waals surface area (Å²) in [5.41, 5.74) is 8.54. The zero-order chi connectivity index (χ0) is 29.5. The number of rotatable bonds is 3. The Morgan fingerprint density at radius 1 is 0.556 bits per heavy atom. The molecule has 4 heteroatoms. The van der Waals surface area contributed by atoms with Gasteiger partial charge in [0.15, 0.2) is 5.58 Å². The second kappa shape index (κ2) is 9.39. The first-order valence-corrected chi connectivity index (χ1v) is 16.0. The summed E-state index contributed by atoms with van der Waals surface area (Å²) in [5, 5.41) is 7.41. The van der Waals surface area contributed by atoms with Gasteiger partial charge in [-0.25, -0.2) is 4.98 Å². The van der Waals surface area contributed by atoms with Crippen molar-refractivity contribution in [1.82, 2.24) is 9.55 Å². The van der Waals surface area contributed by atoms with Crippen molar-refractivity contribution in [3.05, 3.63) is 146 Å². The van der Waals surface area contributed by atoms with Crippen LogP contribution in [-0.4, -0.2) is 9.55 Å². The molecule has 0 aliphatic rings. The maximum atomic E-state index is 6.63. The Morgan fingerprint density at radius 3 is 2.16 bits per heavy atom. The first kappa shape index (κ1) is 24.7. The van der Waals surface area contributed by atoms with Crippen molar-refractivity contribution in [3.8, 4) is 28.3 Å². The molecule has 3 nitrogen and oxygen atoms in total. The molecule has 0 amide bonds. The van der Waals surface area contributed by atoms with Gasteiger partial charge in [0.25, 0.3) is 0 Å². The molecule has 45 heavy (non-hydrogen) atoms. The van der Waals surface area contributed by atoms with Gasteiger partial charge in [-0.15, -0.1) is 11.3 Å². The monoisotopic (exact) mass is 592 g/mol. The van der Waals surface area contributed by atoms with Crippen LogP contribution in [0, 0.1) is 0 Å². The Labute approximate surface area is 262 Å². The van der Waals surface area contributed by atoms with Gasteiger partial charge in [-0.05, 0) is 64.9 Å². The topological polar surface area (TPSA) is 31.0 Å². The number of hydrogen-bond acceptors (Lipinski definition) is 3. The molecule has 7 aromatic carbocycles. The Hall–Kier alpha value is -5.71. The smallest absolute Gasteiger partial charge is 0.227 e. The normalized spacial score (nSPS) is 12.0. The molecule has 0 N–H and O–H groups in total. The van der Waals surface area contributed by atoms with Crippen molar-refractivity contribution in [2.24, 2.45) is 0 Å². The van der Waals surface area contributed by atoms with E-state index in [4.69, 9.17) is 9.40 Å². The van der Waals surface area contributed by atoms with Crippen molar-refractivity contribution in [1.29, 1.82) is 0 Å². The molecule has 10 rings (SSSR count). The van der Waals surface area contributed by atoms with E-state index >= 15 is 0 Å². The third-order valence-electron chi connectivity index (χ3n) is 9.02. The minimum absolute atomic E-state index is 0.631. The molecule has 3 heterocycles. The van der Waals surface area contributed by atoms with Crippen LogP contribution in [0.3, 0.4) is 0 Å². The van der Waals surface area contributed by atoms with Crippen LogP contribution in [0.2, 0.25) is 0 Å². The molecule has 0 aliphatic carbocycles. The van der Waals surface area contributed by atoms with Gasteiger partial charge in [-0.3, -0.25) is 0 Å². The van der Waals surface area contributed by atoms with E-state index < -0.39 is 0 Å². The van der Waals surface area contributed by atoms with Crippen molar-refractivity contribution in [2.75, 3.05) is 0 Å². The second-order valence-corrected chi connectivity index (χ2v) is 12.6. The van der Waals surface area contributed by atoms with E-state index in [-0.39, 0.29) is 0 Å². The maximum Gasteiger partial charge on any atom is 0.227 e. The van der Waals surface area contributed by atoms with Gasteiger partial charge in [-0.1, -0.05) is 97.1 Å². The van der Waals surface area contributed by atoms with Crippen LogP contribution in [0.4, 0.5) is 0 Å². The average molecular weight is 593 g/mol. The minimum Gasteiger partial charge on any atom is -0.435 e. The standard InChI is InChI=1S/C41H24N2OS/c1-2-10-25(11-3-1)32-24-33-39(38-31-15-7-9-17-36(31)45-40(32)38)44-41(42-33)27-18-21-28(22-19-27)43-34-16-8-6-14-30(34)37-29-13-5-4-12-26(29)20-23-35(37)43/h1-24H. The summed E-state index contributed by atoms with van der Waals surface area (Å²) < 4.78 is 11.5. The largest absolute Gasteiger partial charge is 0.435 e. The molecule has 0 bridgehead atoms. The fourth-order valence-corrected chi connectivity index (χ4v) is 8.24. The highest BCUT2D eigenvalue weighted by atomic mass is 32.1. The molecule has 10 aromatic rings. The molecule has 0 aliphatic heterocycles. The summed E-state index contributed by atoms with van der Waals surface area (Å²) in [7, 11) is 0. The van der Waals surface area contributed by atoms with E-state index in [0.29, 0.717) is 5.89 Å². The second-order valence-electron chi connectivity index (χ2n) is 11.5. The Morgan fingerprint density at radius 2 is 1.29 bits per heavy atom. The van der Waals surface area contributed by atoms with Crippen LogP contribution >= 0.6 is 11.3 Å². The molecular weight excluding hydrogens is 569 g/mol. The number of nitrogens with zero attached hydrogens (tertiary/aromatic N) is 2. The average Bonchev–Trinajstić information content (AvgIpc) is 3.80. The van der Waals surface area contributed by atoms with Gasteiger partial charge in [0.1, 0.15) is 5.52 Å². The number of oxazole rings is 1. The summed E-state index contributed by atoms with van der Waals surface area (Å²) in [5.74, 6) is 0.631. The molecule has 0 saturated carbocycles. The lowest BCUT2D eigenvalue weighted by atomic mass is 10.0. The fraction of sp³-hybridized carbons (Fsp3) is 0. The highest BCUT2D eigenvalue weighted by Crippen LogP contribution is 2.45. The summed E-state index contributed by atoms with van der Waals surface area (Å²) >= 11 is 1.82. The molecule has 0 atom stereocenters. The van der Waals surface area contributed by atoms with Gasteiger partial charge < -0.3 is 8.98 Å². The van der Waals surface area contributed by atoms with E-state index in [1.54, 1.807) is 0 Å². The summed E-state index contributed by atoms with van der Waals surface area (Å²) in [4.78, 5) is 5.06. The maximum absolute atomic E-state index is 6.63. The Bertz CT molecular complexity index is 2750. The summed E-state index contributed by atoms with van der Waals surface area (Å²) in [6.45, 7) is 0. The van der Waals surface area contributed by atoms with Gasteiger partial charge in [0, 0.05) is 47.8 Å². The molecule has 0 radical (unpaired) electrons. The lowest BCUT2D eigenvalue weighted by Gasteiger charge is -2.09. The van der Waals surface area contributed by atoms with Crippen molar-refractivity contribution < 1.29 is 4.42 Å². The number of para-hydroxylation sites is 1. The van der Waals surface area contributed by atoms with Crippen LogP contribution in [0.25, 0.3) is 92.1 Å². The number of aromatic nitrogens is 2. The first-order valence-electron chi connectivity index (χ1n) is 15.1. The number of thiophene rings is 1. The Balaban J connectivity index is 1.16. The third kappa shape index (κ3) is 3.60. The van der Waals surface area contributed by atoms with Gasteiger partial charge in [0.2, 0.25) is 5.89 Å². The SMILES string of the molecule is c1ccc(-c2cc3nc(-c4ccc(-n5c6ccccc6c6c7ccccc7ccc65)cc4)oc3c3c2sc2ccccc23)cc1. The van der Waals surface area contributed by atoms with Gasteiger partial charge in [-0.2, -0.15) is 0 Å². The quantitative estimate of drug-likeness (QED) is 0.204. The van der Waals surface area contributed by atoms with Crippen LogP contribution in [-0.2, 0) is 0 Å². The van der Waals surface area contributed by atoms with Crippen molar-refractivity contribution >= 4 is 75.2 Å². The molecule has 3 aromatic heterocycles.